The van der Waals surface area contributed by atoms with Crippen LogP contribution in [0, 0.1) is 11.3 Å². The fraction of sp³-hybridized carbons (Fsp3) is 0.269. The van der Waals surface area contributed by atoms with Crippen molar-refractivity contribution in [3.8, 4) is 22.3 Å². The van der Waals surface area contributed by atoms with Crippen LogP contribution in [0.1, 0.15) is 48.8 Å². The minimum absolute atomic E-state index is 0.425. The molecule has 0 bridgehead atoms. The van der Waals surface area contributed by atoms with E-state index in [1.165, 1.54) is 65.5 Å². The summed E-state index contributed by atoms with van der Waals surface area (Å²) in [4.78, 5) is 0. The fourth-order valence-corrected chi connectivity index (χ4v) is 4.97. The van der Waals surface area contributed by atoms with E-state index >= 15 is 0 Å². The van der Waals surface area contributed by atoms with Gasteiger partial charge in [-0.2, -0.15) is 0 Å². The smallest absolute Gasteiger partial charge is 0.0423 e. The van der Waals surface area contributed by atoms with Crippen LogP contribution in [0.2, 0.25) is 0 Å². The number of nitrogens with one attached hydrogen (secondary N) is 1. The summed E-state index contributed by atoms with van der Waals surface area (Å²) in [6, 6.07) is 24.0. The van der Waals surface area contributed by atoms with E-state index in [0.29, 0.717) is 5.92 Å². The molecule has 1 saturated carbocycles. The van der Waals surface area contributed by atoms with Crippen LogP contribution in [0.15, 0.2) is 66.7 Å². The molecule has 2 aliphatic rings. The van der Waals surface area contributed by atoms with Crippen LogP contribution in [0.4, 0.5) is 0 Å². The van der Waals surface area contributed by atoms with Crippen molar-refractivity contribution in [2.24, 2.45) is 5.92 Å². The first-order chi connectivity index (χ1) is 13.3. The van der Waals surface area contributed by atoms with Gasteiger partial charge < -0.3 is 5.41 Å². The lowest BCUT2D eigenvalue weighted by molar-refractivity contribution is 0.439. The standard InChI is InChI=1S/C26H25N/c27-26(18-9-2-1-3-10-18)24-14-7-6-13-22(24)23-16-8-15-21-20-12-5-4-11-19(20)17-25(21)23/h4-8,11-16,18,27H,1-3,9-10,17H2. The first-order valence-corrected chi connectivity index (χ1v) is 10.2. The lowest BCUT2D eigenvalue weighted by atomic mass is 9.81. The summed E-state index contributed by atoms with van der Waals surface area (Å²) in [5.74, 6) is 0.425. The van der Waals surface area contributed by atoms with Crippen LogP contribution in [0.5, 0.6) is 0 Å². The van der Waals surface area contributed by atoms with Crippen LogP contribution in [-0.4, -0.2) is 5.71 Å². The fourth-order valence-electron chi connectivity index (χ4n) is 4.97. The zero-order valence-electron chi connectivity index (χ0n) is 15.7. The Bertz CT molecular complexity index is 1010. The summed E-state index contributed by atoms with van der Waals surface area (Å²) in [5, 5.41) is 8.94. The first kappa shape index (κ1) is 16.5. The molecule has 2 aliphatic carbocycles. The largest absolute Gasteiger partial charge is 0.304 e. The molecule has 1 fully saturated rings. The molecule has 0 aromatic heterocycles. The quantitative estimate of drug-likeness (QED) is 0.389. The molecule has 3 aromatic rings. The molecule has 3 aromatic carbocycles. The van der Waals surface area contributed by atoms with Gasteiger partial charge in [-0.15, -0.1) is 0 Å². The molecular formula is C26H25N. The van der Waals surface area contributed by atoms with Gasteiger partial charge in [-0.3, -0.25) is 0 Å². The molecule has 27 heavy (non-hydrogen) atoms. The zero-order valence-corrected chi connectivity index (χ0v) is 15.7. The molecule has 0 saturated heterocycles. The van der Waals surface area contributed by atoms with Gasteiger partial charge in [0.05, 0.1) is 0 Å². The molecule has 0 radical (unpaired) electrons. The molecule has 134 valence electrons. The predicted molar refractivity (Wildman–Crippen MR) is 114 cm³/mol. The molecule has 0 aliphatic heterocycles. The van der Waals surface area contributed by atoms with Crippen molar-refractivity contribution in [3.05, 3.63) is 83.4 Å². The topological polar surface area (TPSA) is 23.9 Å². The average Bonchev–Trinajstić information content (AvgIpc) is 3.13. The molecule has 0 atom stereocenters. The summed E-state index contributed by atoms with van der Waals surface area (Å²) >= 11 is 0. The van der Waals surface area contributed by atoms with Crippen LogP contribution in [0.25, 0.3) is 22.3 Å². The molecule has 1 nitrogen and oxygen atoms in total. The predicted octanol–water partition coefficient (Wildman–Crippen LogP) is 6.87. The molecule has 5 rings (SSSR count). The van der Waals surface area contributed by atoms with Crippen molar-refractivity contribution in [1.82, 2.24) is 0 Å². The van der Waals surface area contributed by atoms with Crippen molar-refractivity contribution in [2.45, 2.75) is 38.5 Å². The lowest BCUT2D eigenvalue weighted by Gasteiger charge is -2.24. The highest BCUT2D eigenvalue weighted by Crippen LogP contribution is 2.42. The highest BCUT2D eigenvalue weighted by Gasteiger charge is 2.25. The highest BCUT2D eigenvalue weighted by molar-refractivity contribution is 6.06. The van der Waals surface area contributed by atoms with Crippen LogP contribution < -0.4 is 0 Å². The normalized spacial score (nSPS) is 16.0. The summed E-state index contributed by atoms with van der Waals surface area (Å²) in [5.41, 5.74) is 10.1. The number of hydrogen-bond acceptors (Lipinski definition) is 1. The second-order valence-corrected chi connectivity index (χ2v) is 7.96. The summed E-state index contributed by atoms with van der Waals surface area (Å²) in [6.07, 6.45) is 7.20. The Hall–Kier alpha value is -2.67. The molecule has 0 heterocycles. The third-order valence-corrected chi connectivity index (χ3v) is 6.37. The van der Waals surface area contributed by atoms with Gasteiger partial charge in [-0.05, 0) is 52.6 Å². The maximum absolute atomic E-state index is 8.94. The highest BCUT2D eigenvalue weighted by atomic mass is 14.5. The molecule has 1 N–H and O–H groups in total. The van der Waals surface area contributed by atoms with Gasteiger partial charge in [0.2, 0.25) is 0 Å². The van der Waals surface area contributed by atoms with Crippen LogP contribution in [0.3, 0.4) is 0 Å². The second kappa shape index (κ2) is 6.81. The van der Waals surface area contributed by atoms with Gasteiger partial charge >= 0.3 is 0 Å². The third kappa shape index (κ3) is 2.82. The summed E-state index contributed by atoms with van der Waals surface area (Å²) in [6.45, 7) is 0. The Morgan fingerprint density at radius 1 is 0.667 bits per heavy atom. The monoisotopic (exact) mass is 351 g/mol. The van der Waals surface area contributed by atoms with Gasteiger partial charge in [0, 0.05) is 17.2 Å². The number of rotatable bonds is 3. The first-order valence-electron chi connectivity index (χ1n) is 10.2. The number of fused-ring (bicyclic) bond motifs is 3. The summed E-state index contributed by atoms with van der Waals surface area (Å²) in [7, 11) is 0. The Kier molecular flexibility index (Phi) is 4.16. The van der Waals surface area contributed by atoms with Gasteiger partial charge in [-0.1, -0.05) is 86.0 Å². The summed E-state index contributed by atoms with van der Waals surface area (Å²) < 4.78 is 0. The Labute approximate surface area is 161 Å². The van der Waals surface area contributed by atoms with Gasteiger partial charge in [0.15, 0.2) is 0 Å². The molecular weight excluding hydrogens is 326 g/mol. The Morgan fingerprint density at radius 2 is 1.30 bits per heavy atom. The van der Waals surface area contributed by atoms with Crippen molar-refractivity contribution < 1.29 is 0 Å². The van der Waals surface area contributed by atoms with Crippen LogP contribution >= 0.6 is 0 Å². The van der Waals surface area contributed by atoms with Crippen molar-refractivity contribution in [2.75, 3.05) is 0 Å². The van der Waals surface area contributed by atoms with E-state index in [4.69, 9.17) is 5.41 Å². The maximum Gasteiger partial charge on any atom is 0.0423 e. The molecule has 0 unspecified atom stereocenters. The number of benzene rings is 3. The minimum atomic E-state index is 0.425. The van der Waals surface area contributed by atoms with E-state index in [1.807, 2.05) is 0 Å². The minimum Gasteiger partial charge on any atom is -0.304 e. The van der Waals surface area contributed by atoms with E-state index in [-0.39, 0.29) is 0 Å². The molecule has 0 amide bonds. The second-order valence-electron chi connectivity index (χ2n) is 7.96. The Morgan fingerprint density at radius 3 is 2.11 bits per heavy atom. The van der Waals surface area contributed by atoms with Crippen molar-refractivity contribution >= 4 is 5.71 Å². The van der Waals surface area contributed by atoms with E-state index in [2.05, 4.69) is 66.7 Å². The lowest BCUT2D eigenvalue weighted by Crippen LogP contribution is -2.18. The van der Waals surface area contributed by atoms with E-state index in [0.717, 1.165) is 17.7 Å². The SMILES string of the molecule is N=C(c1ccccc1-c1cccc2c1Cc1ccccc1-2)C1CCCCC1. The maximum atomic E-state index is 8.94. The van der Waals surface area contributed by atoms with E-state index in [9.17, 15) is 0 Å². The van der Waals surface area contributed by atoms with Crippen molar-refractivity contribution in [3.63, 3.8) is 0 Å². The van der Waals surface area contributed by atoms with Gasteiger partial charge in [-0.25, -0.2) is 0 Å². The Balaban J connectivity index is 1.60. The van der Waals surface area contributed by atoms with Crippen LogP contribution in [-0.2, 0) is 6.42 Å². The van der Waals surface area contributed by atoms with E-state index < -0.39 is 0 Å². The zero-order chi connectivity index (χ0) is 18.2. The number of hydrogen-bond donors (Lipinski definition) is 1. The van der Waals surface area contributed by atoms with Crippen molar-refractivity contribution in [1.29, 1.82) is 5.41 Å². The molecule has 0 spiro atoms. The van der Waals surface area contributed by atoms with Gasteiger partial charge in [0.25, 0.3) is 0 Å². The van der Waals surface area contributed by atoms with Gasteiger partial charge in [0.1, 0.15) is 0 Å². The van der Waals surface area contributed by atoms with E-state index in [1.54, 1.807) is 0 Å². The molecule has 1 heteroatoms. The average molecular weight is 351 g/mol. The third-order valence-electron chi connectivity index (χ3n) is 6.37.